The van der Waals surface area contributed by atoms with Gasteiger partial charge in [-0.25, -0.2) is 0 Å². The van der Waals surface area contributed by atoms with E-state index >= 15 is 0 Å². The molecule has 5 rings (SSSR count). The van der Waals surface area contributed by atoms with Crippen molar-refractivity contribution in [2.45, 2.75) is 82.7 Å². The Hall–Kier alpha value is -2.18. The molecule has 0 spiro atoms. The lowest BCUT2D eigenvalue weighted by atomic mass is 9.69. The van der Waals surface area contributed by atoms with E-state index in [1.165, 1.54) is 48.9 Å². The highest BCUT2D eigenvalue weighted by Crippen LogP contribution is 2.39. The van der Waals surface area contributed by atoms with Gasteiger partial charge in [0.25, 0.3) is 5.91 Å². The molecule has 1 atom stereocenters. The number of rotatable bonds is 6. The van der Waals surface area contributed by atoms with Gasteiger partial charge in [-0.05, 0) is 64.6 Å². The van der Waals surface area contributed by atoms with E-state index in [1.54, 1.807) is 0 Å². The van der Waals surface area contributed by atoms with E-state index < -0.39 is 0 Å². The fourth-order valence-corrected chi connectivity index (χ4v) is 6.62. The number of hydrogen-bond acceptors (Lipinski definition) is 4. The Labute approximate surface area is 211 Å². The van der Waals surface area contributed by atoms with Crippen molar-refractivity contribution in [2.24, 2.45) is 0 Å². The minimum absolute atomic E-state index is 0.137. The molecule has 190 valence electrons. The van der Waals surface area contributed by atoms with Crippen molar-refractivity contribution >= 4 is 5.91 Å². The summed E-state index contributed by atoms with van der Waals surface area (Å²) in [4.78, 5) is 18.0. The van der Waals surface area contributed by atoms with Crippen molar-refractivity contribution in [1.29, 1.82) is 0 Å². The summed E-state index contributed by atoms with van der Waals surface area (Å²) in [5, 5.41) is 8.86. The van der Waals surface area contributed by atoms with E-state index in [-0.39, 0.29) is 11.3 Å². The number of fused-ring (bicyclic) bond motifs is 1. The number of aryl methyl sites for hydroxylation is 1. The van der Waals surface area contributed by atoms with Crippen LogP contribution in [0.4, 0.5) is 0 Å². The molecular weight excluding hydrogens is 434 g/mol. The van der Waals surface area contributed by atoms with Crippen molar-refractivity contribution in [3.8, 4) is 0 Å². The van der Waals surface area contributed by atoms with Gasteiger partial charge in [0.2, 0.25) is 0 Å². The Kier molecular flexibility index (Phi) is 7.59. The van der Waals surface area contributed by atoms with Crippen LogP contribution in [0.25, 0.3) is 0 Å². The molecular formula is C29H43N5O. The smallest absolute Gasteiger partial charge is 0.274 e. The molecule has 6 heteroatoms. The summed E-state index contributed by atoms with van der Waals surface area (Å²) in [6.45, 7) is 7.62. The number of nitrogens with zero attached hydrogens (tertiary/aromatic N) is 4. The summed E-state index contributed by atoms with van der Waals surface area (Å²) in [5.41, 5.74) is 4.94. The first kappa shape index (κ1) is 24.5. The standard InChI is InChI=1S/C29H43N5O/c1-3-34-26-14-13-24(30-22-29(15-8-5-9-16-29)23-11-6-4-7-12-23)21-25(26)27(31-34)28(35)33-18-10-17-32(2)19-20-33/h4,6-7,11-12,24,30H,3,5,8-10,13-22H2,1-2H3. The molecule has 1 amide bonds. The lowest BCUT2D eigenvalue weighted by Gasteiger charge is -2.40. The maximum Gasteiger partial charge on any atom is 0.274 e. The molecule has 2 aliphatic carbocycles. The van der Waals surface area contributed by atoms with Gasteiger partial charge in [-0.3, -0.25) is 9.48 Å². The maximum atomic E-state index is 13.6. The fourth-order valence-electron chi connectivity index (χ4n) is 6.62. The van der Waals surface area contributed by atoms with Gasteiger partial charge in [-0.15, -0.1) is 0 Å². The van der Waals surface area contributed by atoms with Crippen LogP contribution in [0.5, 0.6) is 0 Å². The van der Waals surface area contributed by atoms with Gasteiger partial charge in [0.15, 0.2) is 5.69 Å². The number of likely N-dealkylation sites (N-methyl/N-ethyl adjacent to an activating group) is 1. The summed E-state index contributed by atoms with van der Waals surface area (Å²) in [7, 11) is 2.15. The van der Waals surface area contributed by atoms with E-state index in [9.17, 15) is 4.79 Å². The average Bonchev–Trinajstić information content (AvgIpc) is 3.13. The summed E-state index contributed by atoms with van der Waals surface area (Å²) in [6.07, 6.45) is 10.6. The highest BCUT2D eigenvalue weighted by Gasteiger charge is 2.36. The Balaban J connectivity index is 1.32. The second-order valence-electron chi connectivity index (χ2n) is 11.1. The molecule has 1 saturated heterocycles. The van der Waals surface area contributed by atoms with E-state index in [4.69, 9.17) is 5.10 Å². The van der Waals surface area contributed by atoms with Crippen LogP contribution in [0.3, 0.4) is 0 Å². The van der Waals surface area contributed by atoms with Gasteiger partial charge >= 0.3 is 0 Å². The zero-order chi connectivity index (χ0) is 24.3. The SMILES string of the molecule is CCn1nc(C(=O)N2CCCN(C)CC2)c2c1CCC(NCC1(c3ccccc3)CCCCC1)C2. The first-order chi connectivity index (χ1) is 17.1. The van der Waals surface area contributed by atoms with Gasteiger partial charge in [0.05, 0.1) is 0 Å². The first-order valence-electron chi connectivity index (χ1n) is 13.9. The summed E-state index contributed by atoms with van der Waals surface area (Å²) in [5.74, 6) is 0.137. The third-order valence-corrected chi connectivity index (χ3v) is 8.78. The van der Waals surface area contributed by atoms with Crippen molar-refractivity contribution in [1.82, 2.24) is 24.9 Å². The molecule has 2 aromatic rings. The van der Waals surface area contributed by atoms with Gasteiger partial charge in [-0.2, -0.15) is 5.10 Å². The second-order valence-corrected chi connectivity index (χ2v) is 11.1. The minimum atomic E-state index is 0.137. The first-order valence-corrected chi connectivity index (χ1v) is 13.9. The van der Waals surface area contributed by atoms with Gasteiger partial charge < -0.3 is 15.1 Å². The van der Waals surface area contributed by atoms with Crippen molar-refractivity contribution < 1.29 is 4.79 Å². The Bertz CT molecular complexity index is 994. The van der Waals surface area contributed by atoms with Gasteiger partial charge in [0.1, 0.15) is 0 Å². The molecule has 1 N–H and O–H groups in total. The molecule has 2 heterocycles. The average molecular weight is 478 g/mol. The predicted molar refractivity (Wildman–Crippen MR) is 141 cm³/mol. The van der Waals surface area contributed by atoms with Crippen LogP contribution < -0.4 is 5.32 Å². The van der Waals surface area contributed by atoms with Crippen LogP contribution >= 0.6 is 0 Å². The van der Waals surface area contributed by atoms with Crippen LogP contribution in [0.2, 0.25) is 0 Å². The van der Waals surface area contributed by atoms with E-state index in [0.29, 0.717) is 11.7 Å². The molecule has 1 aromatic carbocycles. The number of aromatic nitrogens is 2. The lowest BCUT2D eigenvalue weighted by molar-refractivity contribution is 0.0754. The molecule has 1 aliphatic heterocycles. The van der Waals surface area contributed by atoms with Crippen LogP contribution in [0.15, 0.2) is 30.3 Å². The topological polar surface area (TPSA) is 53.4 Å². The third-order valence-electron chi connectivity index (χ3n) is 8.78. The molecule has 35 heavy (non-hydrogen) atoms. The van der Waals surface area contributed by atoms with Gasteiger partial charge in [0, 0.05) is 55.4 Å². The minimum Gasteiger partial charge on any atom is -0.336 e. The lowest BCUT2D eigenvalue weighted by Crippen LogP contribution is -2.45. The quantitative estimate of drug-likeness (QED) is 0.683. The zero-order valence-electron chi connectivity index (χ0n) is 21.8. The zero-order valence-corrected chi connectivity index (χ0v) is 21.8. The molecule has 1 aromatic heterocycles. The highest BCUT2D eigenvalue weighted by molar-refractivity contribution is 5.94. The van der Waals surface area contributed by atoms with E-state index in [2.05, 4.69) is 59.2 Å². The summed E-state index contributed by atoms with van der Waals surface area (Å²) < 4.78 is 2.09. The monoisotopic (exact) mass is 477 g/mol. The largest absolute Gasteiger partial charge is 0.336 e. The second kappa shape index (κ2) is 10.8. The summed E-state index contributed by atoms with van der Waals surface area (Å²) in [6, 6.07) is 11.6. The molecule has 1 saturated carbocycles. The fraction of sp³-hybridized carbons (Fsp3) is 0.655. The molecule has 2 fully saturated rings. The van der Waals surface area contributed by atoms with Gasteiger partial charge in [-0.1, -0.05) is 49.6 Å². The number of carbonyl (C=O) groups is 1. The van der Waals surface area contributed by atoms with Crippen LogP contribution in [-0.4, -0.2) is 71.3 Å². The van der Waals surface area contributed by atoms with Crippen LogP contribution in [0, 0.1) is 0 Å². The molecule has 1 unspecified atom stereocenters. The van der Waals surface area contributed by atoms with Crippen LogP contribution in [-0.2, 0) is 24.8 Å². The maximum absolute atomic E-state index is 13.6. The molecule has 0 bridgehead atoms. The Morgan fingerprint density at radius 1 is 1.06 bits per heavy atom. The molecule has 0 radical (unpaired) electrons. The molecule has 6 nitrogen and oxygen atoms in total. The Morgan fingerprint density at radius 2 is 1.86 bits per heavy atom. The number of hydrogen-bond donors (Lipinski definition) is 1. The number of nitrogens with one attached hydrogen (secondary N) is 1. The van der Waals surface area contributed by atoms with E-state index in [0.717, 1.165) is 65.0 Å². The molecule has 3 aliphatic rings. The number of benzene rings is 1. The normalized spacial score (nSPS) is 23.0. The summed E-state index contributed by atoms with van der Waals surface area (Å²) >= 11 is 0. The van der Waals surface area contributed by atoms with Crippen LogP contribution in [0.1, 0.15) is 79.2 Å². The van der Waals surface area contributed by atoms with E-state index in [1.807, 2.05) is 4.90 Å². The van der Waals surface area contributed by atoms with Crippen molar-refractivity contribution in [3.05, 3.63) is 52.8 Å². The predicted octanol–water partition coefficient (Wildman–Crippen LogP) is 4.03. The van der Waals surface area contributed by atoms with Crippen molar-refractivity contribution in [2.75, 3.05) is 39.8 Å². The Morgan fingerprint density at radius 3 is 2.63 bits per heavy atom. The number of amides is 1. The third kappa shape index (κ3) is 5.19. The number of carbonyl (C=O) groups excluding carboxylic acids is 1. The van der Waals surface area contributed by atoms with Crippen molar-refractivity contribution in [3.63, 3.8) is 0 Å². The highest BCUT2D eigenvalue weighted by atomic mass is 16.2.